The summed E-state index contributed by atoms with van der Waals surface area (Å²) in [7, 11) is -3.78. The van der Waals surface area contributed by atoms with Crippen molar-refractivity contribution in [2.75, 3.05) is 26.3 Å². The predicted octanol–water partition coefficient (Wildman–Crippen LogP) is 6.11. The molecule has 0 amide bonds. The Morgan fingerprint density at radius 2 is 1.59 bits per heavy atom. The average Bonchev–Trinajstić information content (AvgIpc) is 3.45. The number of sulfonamides is 1. The smallest absolute Gasteiger partial charge is 0.282 e. The molecule has 0 unspecified atom stereocenters. The molecule has 15 heteroatoms. The Labute approximate surface area is 260 Å². The number of pyridine rings is 1. The summed E-state index contributed by atoms with van der Waals surface area (Å²) in [5.41, 5.74) is -0.238. The van der Waals surface area contributed by atoms with Crippen LogP contribution in [0.3, 0.4) is 0 Å². The van der Waals surface area contributed by atoms with Crippen LogP contribution in [0.1, 0.15) is 47.8 Å². The molecule has 3 heterocycles. The van der Waals surface area contributed by atoms with E-state index in [1.165, 1.54) is 22.6 Å². The topological polar surface area (TPSA) is 94.4 Å². The van der Waals surface area contributed by atoms with Gasteiger partial charge in [-0.15, -0.1) is 0 Å². The molecule has 8 nitrogen and oxygen atoms in total. The summed E-state index contributed by atoms with van der Waals surface area (Å²) in [6, 6.07) is 12.7. The molecule has 0 spiro atoms. The van der Waals surface area contributed by atoms with E-state index < -0.39 is 64.1 Å². The number of benzene rings is 2. The first-order valence-electron chi connectivity index (χ1n) is 14.2. The largest absolute Gasteiger partial charge is 0.379 e. The van der Waals surface area contributed by atoms with Gasteiger partial charge in [-0.25, -0.2) is 34.8 Å². The molecule has 2 aromatic heterocycles. The summed E-state index contributed by atoms with van der Waals surface area (Å²) in [5, 5.41) is 3.48. The molecule has 1 aliphatic rings. The third-order valence-corrected chi connectivity index (χ3v) is 9.39. The van der Waals surface area contributed by atoms with Gasteiger partial charge in [0, 0.05) is 43.3 Å². The zero-order chi connectivity index (χ0) is 33.0. The molecule has 244 valence electrons. The lowest BCUT2D eigenvalue weighted by Crippen LogP contribution is -2.40. The highest BCUT2D eigenvalue weighted by molar-refractivity contribution is 7.89. The van der Waals surface area contributed by atoms with Gasteiger partial charge in [0.25, 0.3) is 12.9 Å². The molecular formula is C31H28F6N4O4S. The molecule has 0 saturated carbocycles. The minimum absolute atomic E-state index is 0.0581. The number of carbonyl (C=O) groups is 1. The average molecular weight is 667 g/mol. The van der Waals surface area contributed by atoms with Crippen molar-refractivity contribution in [1.82, 2.24) is 19.1 Å². The molecule has 2 aromatic carbocycles. The van der Waals surface area contributed by atoms with Crippen LogP contribution < -0.4 is 0 Å². The van der Waals surface area contributed by atoms with Gasteiger partial charge in [-0.3, -0.25) is 14.5 Å². The first kappa shape index (κ1) is 33.3. The number of morpholine rings is 1. The van der Waals surface area contributed by atoms with E-state index in [0.717, 1.165) is 12.1 Å². The molecule has 0 radical (unpaired) electrons. The second-order valence-corrected chi connectivity index (χ2v) is 12.6. The van der Waals surface area contributed by atoms with Crippen molar-refractivity contribution in [3.05, 3.63) is 101 Å². The summed E-state index contributed by atoms with van der Waals surface area (Å²) in [4.78, 5) is 17.8. The molecule has 0 N–H and O–H groups in total. The highest BCUT2D eigenvalue weighted by Crippen LogP contribution is 2.34. The first-order valence-corrected chi connectivity index (χ1v) is 15.6. The van der Waals surface area contributed by atoms with Crippen LogP contribution in [0, 0.1) is 11.6 Å². The van der Waals surface area contributed by atoms with Crippen LogP contribution in [0.4, 0.5) is 26.3 Å². The number of Topliss-reactive ketones (excluding diaryl/α,β-unsaturated/α-hetero) is 1. The summed E-state index contributed by atoms with van der Waals surface area (Å²) in [5.74, 6) is -3.23. The Balaban J connectivity index is 1.47. The van der Waals surface area contributed by atoms with Gasteiger partial charge < -0.3 is 4.74 Å². The number of rotatable bonds is 12. The van der Waals surface area contributed by atoms with Crippen molar-refractivity contribution in [2.24, 2.45) is 0 Å². The molecule has 1 aliphatic heterocycles. The van der Waals surface area contributed by atoms with Gasteiger partial charge in [-0.1, -0.05) is 18.2 Å². The molecule has 0 bridgehead atoms. The number of ether oxygens (including phenoxy) is 1. The van der Waals surface area contributed by atoms with Crippen LogP contribution in [-0.2, 0) is 32.5 Å². The van der Waals surface area contributed by atoms with Crippen molar-refractivity contribution in [3.8, 4) is 11.1 Å². The van der Waals surface area contributed by atoms with Crippen LogP contribution in [0.25, 0.3) is 11.1 Å². The fraction of sp³-hybridized carbons (Fsp3) is 0.323. The fourth-order valence-corrected chi connectivity index (χ4v) is 6.78. The van der Waals surface area contributed by atoms with E-state index >= 15 is 0 Å². The fourth-order valence-electron chi connectivity index (χ4n) is 5.38. The Morgan fingerprint density at radius 1 is 0.913 bits per heavy atom. The van der Waals surface area contributed by atoms with Crippen molar-refractivity contribution >= 4 is 15.8 Å². The number of carbonyl (C=O) groups excluding carboxylic acids is 1. The van der Waals surface area contributed by atoms with Crippen LogP contribution in [0.15, 0.2) is 71.8 Å². The number of halogens is 6. The second kappa shape index (κ2) is 14.1. The van der Waals surface area contributed by atoms with E-state index in [0.29, 0.717) is 33.6 Å². The van der Waals surface area contributed by atoms with Gasteiger partial charge in [-0.05, 0) is 53.9 Å². The van der Waals surface area contributed by atoms with Crippen LogP contribution >= 0.6 is 0 Å². The Hall–Kier alpha value is -4.08. The monoisotopic (exact) mass is 666 g/mol. The van der Waals surface area contributed by atoms with Crippen LogP contribution in [0.2, 0.25) is 0 Å². The van der Waals surface area contributed by atoms with E-state index in [-0.39, 0.29) is 49.6 Å². The SMILES string of the molecule is O=C(C[C@@H](Cc1cc(F)cc(F)c1)c1ncccc1-c1ccc(S(=O)(=O)N2CCOCC2)cc1)Cn1nc(C(F)F)cc1C(F)F. The van der Waals surface area contributed by atoms with Crippen molar-refractivity contribution in [3.63, 3.8) is 0 Å². The highest BCUT2D eigenvalue weighted by Gasteiger charge is 2.28. The normalized spacial score (nSPS) is 15.0. The minimum Gasteiger partial charge on any atom is -0.379 e. The summed E-state index contributed by atoms with van der Waals surface area (Å²) in [6.07, 6.45) is -5.33. The molecule has 1 fully saturated rings. The first-order chi connectivity index (χ1) is 21.9. The molecule has 5 rings (SSSR count). The maximum Gasteiger partial charge on any atom is 0.282 e. The maximum atomic E-state index is 14.1. The predicted molar refractivity (Wildman–Crippen MR) is 154 cm³/mol. The maximum absolute atomic E-state index is 14.1. The van der Waals surface area contributed by atoms with Crippen molar-refractivity contribution in [2.45, 2.75) is 43.1 Å². The lowest BCUT2D eigenvalue weighted by Gasteiger charge is -2.26. The summed E-state index contributed by atoms with van der Waals surface area (Å²) < 4.78 is 115. The molecule has 1 atom stereocenters. The third kappa shape index (κ3) is 7.65. The number of hydrogen-bond donors (Lipinski definition) is 0. The molecular weight excluding hydrogens is 638 g/mol. The number of aromatic nitrogens is 3. The van der Waals surface area contributed by atoms with E-state index in [1.54, 1.807) is 24.3 Å². The zero-order valence-electron chi connectivity index (χ0n) is 24.1. The molecule has 4 aromatic rings. The lowest BCUT2D eigenvalue weighted by molar-refractivity contribution is -0.120. The van der Waals surface area contributed by atoms with Gasteiger partial charge in [0.15, 0.2) is 5.78 Å². The van der Waals surface area contributed by atoms with E-state index in [9.17, 15) is 39.6 Å². The quantitative estimate of drug-likeness (QED) is 0.170. The van der Waals surface area contributed by atoms with E-state index in [4.69, 9.17) is 4.74 Å². The minimum atomic E-state index is -3.78. The van der Waals surface area contributed by atoms with Gasteiger partial charge in [0.2, 0.25) is 10.0 Å². The van der Waals surface area contributed by atoms with Crippen LogP contribution in [-0.4, -0.2) is 59.6 Å². The Bertz CT molecular complexity index is 1770. The molecule has 46 heavy (non-hydrogen) atoms. The number of hydrogen-bond acceptors (Lipinski definition) is 6. The van der Waals surface area contributed by atoms with E-state index in [1.807, 2.05) is 0 Å². The van der Waals surface area contributed by atoms with Crippen molar-refractivity contribution in [1.29, 1.82) is 0 Å². The Kier molecular flexibility index (Phi) is 10.2. The van der Waals surface area contributed by atoms with E-state index in [2.05, 4.69) is 10.1 Å². The lowest BCUT2D eigenvalue weighted by atomic mass is 9.87. The summed E-state index contributed by atoms with van der Waals surface area (Å²) in [6.45, 7) is 0.241. The zero-order valence-corrected chi connectivity index (χ0v) is 24.9. The van der Waals surface area contributed by atoms with Gasteiger partial charge in [0.1, 0.15) is 29.6 Å². The highest BCUT2D eigenvalue weighted by atomic mass is 32.2. The standard InChI is InChI=1S/C31H28F6N4O4S/c32-22-13-19(14-23(33)16-22)12-21(15-24(42)18-41-28(31(36)37)17-27(39-41)30(34)35)29-26(2-1-7-38-29)20-3-5-25(6-4-20)46(43,44)40-8-10-45-11-9-40/h1-7,13-14,16-17,21,30-31H,8-12,15,18H2/t21-/m1/s1. The van der Waals surface area contributed by atoms with Crippen molar-refractivity contribution < 1.29 is 44.3 Å². The van der Waals surface area contributed by atoms with Gasteiger partial charge >= 0.3 is 0 Å². The summed E-state index contributed by atoms with van der Waals surface area (Å²) >= 11 is 0. The second-order valence-electron chi connectivity index (χ2n) is 10.7. The molecule has 1 saturated heterocycles. The Morgan fingerprint density at radius 3 is 2.22 bits per heavy atom. The van der Waals surface area contributed by atoms with Crippen LogP contribution in [0.5, 0.6) is 0 Å². The molecule has 0 aliphatic carbocycles. The number of ketones is 1. The number of nitrogens with zero attached hydrogens (tertiary/aromatic N) is 4. The number of alkyl halides is 4. The third-order valence-electron chi connectivity index (χ3n) is 7.48. The van der Waals surface area contributed by atoms with Gasteiger partial charge in [0.05, 0.1) is 23.8 Å². The van der Waals surface area contributed by atoms with Gasteiger partial charge in [-0.2, -0.15) is 9.40 Å².